The first kappa shape index (κ1) is 26.2. The van der Waals surface area contributed by atoms with Crippen molar-refractivity contribution in [3.63, 3.8) is 0 Å². The fourth-order valence-corrected chi connectivity index (χ4v) is 9.06. The monoisotopic (exact) mass is 555 g/mol. The van der Waals surface area contributed by atoms with E-state index in [-0.39, 0.29) is 25.3 Å². The van der Waals surface area contributed by atoms with Crippen molar-refractivity contribution in [3.8, 4) is 5.75 Å². The molecular weight excluding hydrogens is 520 g/mol. The van der Waals surface area contributed by atoms with E-state index in [0.717, 1.165) is 38.3 Å². The third kappa shape index (κ3) is 4.76. The number of nitrogens with zero attached hydrogens (tertiary/aromatic N) is 2. The maximum atomic E-state index is 13.6. The van der Waals surface area contributed by atoms with E-state index in [1.807, 2.05) is 12.1 Å². The van der Waals surface area contributed by atoms with Gasteiger partial charge in [-0.25, -0.2) is 17.2 Å². The SMILES string of the molecule is O=C(Nc1ccc2c(c1)OCCN2C1CCOCC1)[C@@H]1CCN1S(=O)(=O)C1CC(C(F)F)CC2CNNC21. The Morgan fingerprint density at radius 3 is 2.66 bits per heavy atom. The molecule has 0 aromatic heterocycles. The number of benzene rings is 1. The van der Waals surface area contributed by atoms with Crippen LogP contribution in [0, 0.1) is 11.8 Å². The molecule has 6 rings (SSSR count). The van der Waals surface area contributed by atoms with E-state index in [4.69, 9.17) is 9.47 Å². The maximum Gasteiger partial charge on any atom is 0.242 e. The van der Waals surface area contributed by atoms with Crippen molar-refractivity contribution < 1.29 is 31.5 Å². The van der Waals surface area contributed by atoms with Crippen molar-refractivity contribution >= 4 is 27.3 Å². The van der Waals surface area contributed by atoms with Crippen LogP contribution < -0.4 is 25.8 Å². The number of carbonyl (C=O) groups is 1. The van der Waals surface area contributed by atoms with E-state index >= 15 is 0 Å². The summed E-state index contributed by atoms with van der Waals surface area (Å²) in [5.74, 6) is -0.897. The minimum Gasteiger partial charge on any atom is -0.489 e. The maximum absolute atomic E-state index is 13.6. The van der Waals surface area contributed by atoms with Crippen LogP contribution in [0.15, 0.2) is 18.2 Å². The van der Waals surface area contributed by atoms with Crippen molar-refractivity contribution in [2.24, 2.45) is 11.8 Å². The zero-order valence-corrected chi connectivity index (χ0v) is 22.0. The van der Waals surface area contributed by atoms with Gasteiger partial charge >= 0.3 is 0 Å². The van der Waals surface area contributed by atoms with Crippen molar-refractivity contribution in [1.82, 2.24) is 15.2 Å². The average molecular weight is 556 g/mol. The van der Waals surface area contributed by atoms with Gasteiger partial charge < -0.3 is 19.7 Å². The van der Waals surface area contributed by atoms with Gasteiger partial charge in [-0.2, -0.15) is 4.31 Å². The highest BCUT2D eigenvalue weighted by molar-refractivity contribution is 7.89. The molecule has 1 amide bonds. The molecule has 0 radical (unpaired) electrons. The summed E-state index contributed by atoms with van der Waals surface area (Å²) in [6.45, 7) is 3.47. The number of halogens is 2. The second-order valence-electron chi connectivity index (χ2n) is 10.9. The number of hydrogen-bond acceptors (Lipinski definition) is 8. The number of nitrogens with one attached hydrogen (secondary N) is 3. The van der Waals surface area contributed by atoms with Gasteiger partial charge in [-0.05, 0) is 50.2 Å². The number of carbonyl (C=O) groups excluding carboxylic acids is 1. The number of amides is 1. The normalized spacial score (nSPS) is 32.3. The summed E-state index contributed by atoms with van der Waals surface area (Å²) in [7, 11) is -3.97. The molecule has 4 unspecified atom stereocenters. The number of rotatable bonds is 6. The molecule has 10 nitrogen and oxygen atoms in total. The van der Waals surface area contributed by atoms with Gasteiger partial charge in [0.1, 0.15) is 18.4 Å². The molecule has 210 valence electrons. The van der Waals surface area contributed by atoms with Gasteiger partial charge in [0, 0.05) is 56.1 Å². The highest BCUT2D eigenvalue weighted by atomic mass is 32.2. The third-order valence-corrected chi connectivity index (χ3v) is 11.1. The summed E-state index contributed by atoms with van der Waals surface area (Å²) in [6, 6.07) is 4.59. The van der Waals surface area contributed by atoms with Crippen molar-refractivity contribution in [1.29, 1.82) is 0 Å². The largest absolute Gasteiger partial charge is 0.489 e. The molecule has 0 bridgehead atoms. The van der Waals surface area contributed by atoms with Gasteiger partial charge in [-0.3, -0.25) is 15.6 Å². The number of alkyl halides is 2. The van der Waals surface area contributed by atoms with Crippen LogP contribution >= 0.6 is 0 Å². The summed E-state index contributed by atoms with van der Waals surface area (Å²) in [5, 5.41) is 1.85. The molecule has 1 aliphatic carbocycles. The smallest absolute Gasteiger partial charge is 0.242 e. The quantitative estimate of drug-likeness (QED) is 0.485. The lowest BCUT2D eigenvalue weighted by Gasteiger charge is -2.44. The Balaban J connectivity index is 1.15. The van der Waals surface area contributed by atoms with Crippen LogP contribution in [0.2, 0.25) is 0 Å². The second kappa shape index (κ2) is 10.5. The molecule has 5 atom stereocenters. The molecule has 38 heavy (non-hydrogen) atoms. The van der Waals surface area contributed by atoms with Crippen LogP contribution in [0.3, 0.4) is 0 Å². The highest BCUT2D eigenvalue weighted by Crippen LogP contribution is 2.41. The highest BCUT2D eigenvalue weighted by Gasteiger charge is 2.53. The fourth-order valence-electron chi connectivity index (χ4n) is 6.65. The molecule has 1 saturated carbocycles. The van der Waals surface area contributed by atoms with E-state index in [1.54, 1.807) is 6.07 Å². The van der Waals surface area contributed by atoms with Crippen LogP contribution in [0.1, 0.15) is 32.1 Å². The van der Waals surface area contributed by atoms with Crippen molar-refractivity contribution in [3.05, 3.63) is 18.2 Å². The summed E-state index contributed by atoms with van der Waals surface area (Å²) in [4.78, 5) is 15.5. The third-order valence-electron chi connectivity index (χ3n) is 8.78. The Kier molecular flexibility index (Phi) is 7.23. The predicted octanol–water partition coefficient (Wildman–Crippen LogP) is 1.54. The van der Waals surface area contributed by atoms with Gasteiger partial charge in [0.2, 0.25) is 22.4 Å². The molecule has 13 heteroatoms. The lowest BCUT2D eigenvalue weighted by Crippen LogP contribution is -2.62. The van der Waals surface area contributed by atoms with Gasteiger partial charge in [0.05, 0.1) is 17.5 Å². The molecule has 5 aliphatic rings. The van der Waals surface area contributed by atoms with Crippen LogP contribution in [-0.4, -0.2) is 87.9 Å². The van der Waals surface area contributed by atoms with Gasteiger partial charge in [-0.1, -0.05) is 0 Å². The Morgan fingerprint density at radius 2 is 1.92 bits per heavy atom. The van der Waals surface area contributed by atoms with Crippen LogP contribution in [0.5, 0.6) is 5.75 Å². The molecule has 0 spiro atoms. The number of ether oxygens (including phenoxy) is 2. The van der Waals surface area contributed by atoms with Gasteiger partial charge in [-0.15, -0.1) is 0 Å². The zero-order valence-electron chi connectivity index (χ0n) is 21.2. The second-order valence-corrected chi connectivity index (χ2v) is 13.0. The zero-order chi connectivity index (χ0) is 26.4. The first-order chi connectivity index (χ1) is 18.3. The van der Waals surface area contributed by atoms with E-state index in [1.165, 1.54) is 4.31 Å². The lowest BCUT2D eigenvalue weighted by molar-refractivity contribution is -0.122. The molecule has 1 aromatic rings. The standard InChI is InChI=1S/C25H35F2N5O5S/c26-24(27)15-11-16-14-28-30-23(16)22(12-15)38(34,35)32-6-3-20(32)25(33)29-17-1-2-19-21(13-17)37-10-7-31(19)18-4-8-36-9-5-18/h1-2,13,15-16,18,20,22-24,28,30H,3-12,14H2,(H,29,33)/t15?,16?,20-,22?,23?/m0/s1. The number of anilines is 2. The predicted molar refractivity (Wildman–Crippen MR) is 137 cm³/mol. The number of hydrogen-bond donors (Lipinski definition) is 3. The number of sulfonamides is 1. The Bertz CT molecular complexity index is 1150. The Morgan fingerprint density at radius 1 is 1.11 bits per heavy atom. The molecule has 3 N–H and O–H groups in total. The van der Waals surface area contributed by atoms with Crippen LogP contribution in [-0.2, 0) is 19.6 Å². The lowest BCUT2D eigenvalue weighted by atomic mass is 9.79. The van der Waals surface area contributed by atoms with Crippen LogP contribution in [0.4, 0.5) is 20.2 Å². The Hall–Kier alpha value is -2.06. The number of hydrazine groups is 1. The van der Waals surface area contributed by atoms with E-state index in [0.29, 0.717) is 37.1 Å². The fraction of sp³-hybridized carbons (Fsp3) is 0.720. The molecule has 4 heterocycles. The minimum absolute atomic E-state index is 0.119. The topological polar surface area (TPSA) is 112 Å². The van der Waals surface area contributed by atoms with E-state index in [9.17, 15) is 22.0 Å². The molecule has 4 fully saturated rings. The van der Waals surface area contributed by atoms with Crippen LogP contribution in [0.25, 0.3) is 0 Å². The molecule has 4 aliphatic heterocycles. The first-order valence-electron chi connectivity index (χ1n) is 13.5. The molecular formula is C25H35F2N5O5S. The van der Waals surface area contributed by atoms with E-state index < -0.39 is 45.6 Å². The Labute approximate surface area is 221 Å². The summed E-state index contributed by atoms with van der Waals surface area (Å²) in [5.41, 5.74) is 7.44. The first-order valence-corrected chi connectivity index (χ1v) is 15.0. The average Bonchev–Trinajstić information content (AvgIpc) is 3.36. The van der Waals surface area contributed by atoms with Crippen molar-refractivity contribution in [2.75, 3.05) is 49.7 Å². The van der Waals surface area contributed by atoms with Gasteiger partial charge in [0.25, 0.3) is 0 Å². The summed E-state index contributed by atoms with van der Waals surface area (Å²) < 4.78 is 67.0. The minimum atomic E-state index is -3.97. The van der Waals surface area contributed by atoms with E-state index in [2.05, 4.69) is 21.1 Å². The van der Waals surface area contributed by atoms with Gasteiger partial charge in [0.15, 0.2) is 0 Å². The molecule has 1 aromatic carbocycles. The summed E-state index contributed by atoms with van der Waals surface area (Å²) >= 11 is 0. The van der Waals surface area contributed by atoms with Crippen molar-refractivity contribution in [2.45, 2.75) is 61.9 Å². The molecule has 3 saturated heterocycles. The number of fused-ring (bicyclic) bond motifs is 2. The summed E-state index contributed by atoms with van der Waals surface area (Å²) in [6.07, 6.45) is -0.114.